The lowest BCUT2D eigenvalue weighted by atomic mass is 10.1. The molecule has 5 rings (SSSR count). The van der Waals surface area contributed by atoms with Gasteiger partial charge >= 0.3 is 0 Å². The Labute approximate surface area is 215 Å². The number of sulfonamides is 1. The highest BCUT2D eigenvalue weighted by molar-refractivity contribution is 7.91. The Kier molecular flexibility index (Phi) is 6.62. The molecule has 186 valence electrons. The minimum Gasteiger partial charge on any atom is -0.618 e. The smallest absolute Gasteiger partial charge is 0.291 e. The molecule has 0 saturated carbocycles. The second kappa shape index (κ2) is 9.71. The van der Waals surface area contributed by atoms with Crippen LogP contribution in [0.2, 0.25) is 5.02 Å². The summed E-state index contributed by atoms with van der Waals surface area (Å²) in [5.41, 5.74) is 1.40. The van der Waals surface area contributed by atoms with Crippen LogP contribution in [0.4, 0.5) is 0 Å². The largest absolute Gasteiger partial charge is 0.618 e. The summed E-state index contributed by atoms with van der Waals surface area (Å²) in [4.78, 5) is 22.8. The molecule has 1 aliphatic heterocycles. The molecule has 0 radical (unpaired) electrons. The highest BCUT2D eigenvalue weighted by Gasteiger charge is 2.32. The zero-order valence-electron chi connectivity index (χ0n) is 18.7. The van der Waals surface area contributed by atoms with Crippen LogP contribution in [0.25, 0.3) is 21.2 Å². The first-order valence-electron chi connectivity index (χ1n) is 10.9. The lowest BCUT2D eigenvalue weighted by Gasteiger charge is -2.33. The van der Waals surface area contributed by atoms with Crippen LogP contribution < -0.4 is 4.73 Å². The van der Waals surface area contributed by atoms with Gasteiger partial charge in [0.1, 0.15) is 10.8 Å². The van der Waals surface area contributed by atoms with E-state index in [1.54, 1.807) is 30.3 Å². The molecule has 1 aliphatic rings. The minimum atomic E-state index is -3.70. The molecule has 1 amide bonds. The number of hydrogen-bond donors (Lipinski definition) is 1. The second-order valence-electron chi connectivity index (χ2n) is 8.13. The van der Waals surface area contributed by atoms with Crippen molar-refractivity contribution in [3.05, 3.63) is 76.7 Å². The normalized spacial score (nSPS) is 14.9. The van der Waals surface area contributed by atoms with E-state index >= 15 is 0 Å². The van der Waals surface area contributed by atoms with Crippen LogP contribution in [-0.4, -0.2) is 64.8 Å². The van der Waals surface area contributed by atoms with Gasteiger partial charge in [-0.25, -0.2) is 18.4 Å². The van der Waals surface area contributed by atoms with Crippen molar-refractivity contribution in [3.63, 3.8) is 0 Å². The summed E-state index contributed by atoms with van der Waals surface area (Å²) in [7, 11) is -3.70. The van der Waals surface area contributed by atoms with Crippen molar-refractivity contribution >= 4 is 49.0 Å². The monoisotopic (exact) mass is 545 g/mol. The number of carbonyl (C=O) groups excluding carboxylic acids is 1. The van der Waals surface area contributed by atoms with E-state index in [1.807, 2.05) is 0 Å². The third-order valence-corrected chi connectivity index (χ3v) is 9.59. The summed E-state index contributed by atoms with van der Waals surface area (Å²) in [6.45, 7) is 0.326. The summed E-state index contributed by atoms with van der Waals surface area (Å²) < 4.78 is 29.3. The van der Waals surface area contributed by atoms with Gasteiger partial charge in [0.25, 0.3) is 15.9 Å². The van der Waals surface area contributed by atoms with Crippen LogP contribution in [0.3, 0.4) is 0 Å². The standard InChI is InChI=1S/C23H20ClN5O5S2/c24-18-2-1-16-10-21(35-20(16)11-18)36(33,34)28-7-5-27(6-8-28)23(31)22-25-12-17(13-26-22)15-3-4-29(32)19(9-15)14-30/h1-4,9-13,30H,5-8,14H2. The Bertz CT molecular complexity index is 1550. The Morgan fingerprint density at radius 2 is 1.81 bits per heavy atom. The molecule has 36 heavy (non-hydrogen) atoms. The molecule has 10 nitrogen and oxygen atoms in total. The van der Waals surface area contributed by atoms with Crippen LogP contribution in [0, 0.1) is 5.21 Å². The van der Waals surface area contributed by atoms with Crippen LogP contribution in [-0.2, 0) is 16.6 Å². The molecule has 0 bridgehead atoms. The summed E-state index contributed by atoms with van der Waals surface area (Å²) in [6, 6.07) is 9.99. The topological polar surface area (TPSA) is 131 Å². The molecule has 4 aromatic rings. The number of thiophene rings is 1. The van der Waals surface area contributed by atoms with E-state index in [0.29, 0.717) is 20.9 Å². The van der Waals surface area contributed by atoms with Gasteiger partial charge in [0.05, 0.1) is 0 Å². The van der Waals surface area contributed by atoms with Crippen LogP contribution in [0.15, 0.2) is 59.2 Å². The molecule has 0 aliphatic carbocycles. The number of aliphatic hydroxyl groups is 1. The number of aromatic nitrogens is 3. The predicted molar refractivity (Wildman–Crippen MR) is 134 cm³/mol. The molecule has 1 aromatic carbocycles. The summed E-state index contributed by atoms with van der Waals surface area (Å²) in [5.74, 6) is -0.398. The number of pyridine rings is 1. The van der Waals surface area contributed by atoms with E-state index in [4.69, 9.17) is 11.6 Å². The third kappa shape index (κ3) is 4.65. The van der Waals surface area contributed by atoms with Crippen molar-refractivity contribution in [2.45, 2.75) is 10.8 Å². The summed E-state index contributed by atoms with van der Waals surface area (Å²) in [5, 5.41) is 22.2. The molecule has 13 heteroatoms. The molecular formula is C23H20ClN5O5S2. The molecule has 0 spiro atoms. The Balaban J connectivity index is 1.26. The second-order valence-corrected chi connectivity index (χ2v) is 11.8. The Morgan fingerprint density at radius 3 is 2.50 bits per heavy atom. The molecular weight excluding hydrogens is 526 g/mol. The maximum atomic E-state index is 13.2. The number of halogens is 1. The fraction of sp³-hybridized carbons (Fsp3) is 0.217. The van der Waals surface area contributed by atoms with E-state index in [-0.39, 0.29) is 41.9 Å². The van der Waals surface area contributed by atoms with Crippen molar-refractivity contribution in [1.82, 2.24) is 19.2 Å². The maximum Gasteiger partial charge on any atom is 0.291 e. The molecule has 0 unspecified atom stereocenters. The fourth-order valence-electron chi connectivity index (χ4n) is 3.93. The number of carbonyl (C=O) groups is 1. The first kappa shape index (κ1) is 24.5. The van der Waals surface area contributed by atoms with Crippen LogP contribution in [0.1, 0.15) is 16.3 Å². The van der Waals surface area contributed by atoms with E-state index < -0.39 is 22.5 Å². The number of hydrogen-bond acceptors (Lipinski definition) is 8. The number of fused-ring (bicyclic) bond motifs is 1. The van der Waals surface area contributed by atoms with Gasteiger partial charge in [0.2, 0.25) is 11.5 Å². The zero-order chi connectivity index (χ0) is 25.4. The first-order chi connectivity index (χ1) is 17.3. The molecule has 1 saturated heterocycles. The number of nitrogens with zero attached hydrogens (tertiary/aromatic N) is 5. The number of aliphatic hydroxyl groups excluding tert-OH is 1. The predicted octanol–water partition coefficient (Wildman–Crippen LogP) is 2.28. The van der Waals surface area contributed by atoms with E-state index in [2.05, 4.69) is 9.97 Å². The average molecular weight is 546 g/mol. The number of piperazine rings is 1. The number of rotatable bonds is 5. The highest BCUT2D eigenvalue weighted by Crippen LogP contribution is 2.33. The van der Waals surface area contributed by atoms with Crippen molar-refractivity contribution in [2.75, 3.05) is 26.2 Å². The summed E-state index contributed by atoms with van der Waals surface area (Å²) >= 11 is 7.19. The molecule has 1 fully saturated rings. The van der Waals surface area contributed by atoms with E-state index in [9.17, 15) is 23.5 Å². The SMILES string of the molecule is O=C(c1ncc(-c2cc[n+]([O-])c(CO)c2)cn1)N1CCN(S(=O)(=O)c2cc3ccc(Cl)cc3s2)CC1. The van der Waals surface area contributed by atoms with Crippen molar-refractivity contribution in [1.29, 1.82) is 0 Å². The van der Waals surface area contributed by atoms with Gasteiger partial charge in [-0.2, -0.15) is 9.04 Å². The van der Waals surface area contributed by atoms with Gasteiger partial charge in [-0.1, -0.05) is 17.7 Å². The van der Waals surface area contributed by atoms with Gasteiger partial charge in [0, 0.05) is 66.0 Å². The van der Waals surface area contributed by atoms with Crippen molar-refractivity contribution < 1.29 is 23.0 Å². The van der Waals surface area contributed by atoms with Crippen LogP contribution in [0.5, 0.6) is 0 Å². The zero-order valence-corrected chi connectivity index (χ0v) is 21.1. The molecule has 3 aromatic heterocycles. The highest BCUT2D eigenvalue weighted by atomic mass is 35.5. The summed E-state index contributed by atoms with van der Waals surface area (Å²) in [6.07, 6.45) is 4.22. The van der Waals surface area contributed by atoms with Crippen molar-refractivity contribution in [3.8, 4) is 11.1 Å². The number of amides is 1. The van der Waals surface area contributed by atoms with Gasteiger partial charge in [-0.3, -0.25) is 4.79 Å². The van der Waals surface area contributed by atoms with Gasteiger partial charge in [0.15, 0.2) is 6.20 Å². The molecule has 0 atom stereocenters. The van der Waals surface area contributed by atoms with Crippen molar-refractivity contribution in [2.24, 2.45) is 0 Å². The van der Waals surface area contributed by atoms with Gasteiger partial charge < -0.3 is 15.2 Å². The lowest BCUT2D eigenvalue weighted by molar-refractivity contribution is -0.616. The molecule has 1 N–H and O–H groups in total. The minimum absolute atomic E-state index is 0.00589. The number of benzene rings is 1. The Morgan fingerprint density at radius 1 is 1.08 bits per heavy atom. The quantitative estimate of drug-likeness (QED) is 0.301. The Hall–Kier alpha value is -3.16. The van der Waals surface area contributed by atoms with E-state index in [1.165, 1.54) is 45.2 Å². The third-order valence-electron chi connectivity index (χ3n) is 5.91. The maximum absolute atomic E-state index is 13.2. The average Bonchev–Trinajstić information content (AvgIpc) is 3.33. The fourth-order valence-corrected chi connectivity index (χ4v) is 7.18. The van der Waals surface area contributed by atoms with Crippen LogP contribution >= 0.6 is 22.9 Å². The lowest BCUT2D eigenvalue weighted by Crippen LogP contribution is -2.50. The van der Waals surface area contributed by atoms with Gasteiger partial charge in [-0.15, -0.1) is 11.3 Å². The van der Waals surface area contributed by atoms with E-state index in [0.717, 1.165) is 10.1 Å². The van der Waals surface area contributed by atoms with Gasteiger partial charge in [-0.05, 0) is 29.1 Å². The first-order valence-corrected chi connectivity index (χ1v) is 13.5. The molecule has 4 heterocycles.